The van der Waals surface area contributed by atoms with Gasteiger partial charge < -0.3 is 10.5 Å². The maximum Gasteiger partial charge on any atom is 0.573 e. The van der Waals surface area contributed by atoms with Crippen LogP contribution in [0.15, 0.2) is 18.3 Å². The molecule has 2 N–H and O–H groups in total. The van der Waals surface area contributed by atoms with E-state index in [4.69, 9.17) is 5.73 Å². The van der Waals surface area contributed by atoms with Gasteiger partial charge in [0.15, 0.2) is 11.6 Å². The number of hydrogen-bond acceptors (Lipinski definition) is 5. The molecule has 0 spiro atoms. The van der Waals surface area contributed by atoms with Crippen molar-refractivity contribution in [1.82, 2.24) is 19.7 Å². The van der Waals surface area contributed by atoms with Crippen molar-refractivity contribution in [2.24, 2.45) is 11.8 Å². The molecule has 0 amide bonds. The number of nitrogens with zero attached hydrogens (tertiary/aromatic N) is 4. The van der Waals surface area contributed by atoms with Crippen LogP contribution in [0.5, 0.6) is 5.75 Å². The van der Waals surface area contributed by atoms with Crippen LogP contribution in [0.3, 0.4) is 0 Å². The summed E-state index contributed by atoms with van der Waals surface area (Å²) in [4.78, 5) is 6.39. The zero-order valence-electron chi connectivity index (χ0n) is 17.9. The maximum atomic E-state index is 12.7. The minimum atomic E-state index is -4.83. The highest BCUT2D eigenvalue weighted by Gasteiger charge is 2.58. The quantitative estimate of drug-likeness (QED) is 0.787. The molecule has 0 aromatic carbocycles. The number of aromatic nitrogens is 3. The highest BCUT2D eigenvalue weighted by Crippen LogP contribution is 2.59. The summed E-state index contributed by atoms with van der Waals surface area (Å²) in [5.74, 6) is 0.808. The molecule has 164 valence electrons. The predicted molar refractivity (Wildman–Crippen MR) is 108 cm³/mol. The van der Waals surface area contributed by atoms with Crippen LogP contribution >= 0.6 is 0 Å². The number of fused-ring (bicyclic) bond motifs is 1. The number of ether oxygens (including phenoxy) is 1. The highest BCUT2D eigenvalue weighted by molar-refractivity contribution is 5.64. The van der Waals surface area contributed by atoms with Crippen LogP contribution in [0.2, 0.25) is 0 Å². The Kier molecular flexibility index (Phi) is 4.80. The third-order valence-electron chi connectivity index (χ3n) is 6.14. The summed E-state index contributed by atoms with van der Waals surface area (Å²) in [5.41, 5.74) is 7.89. The van der Waals surface area contributed by atoms with Gasteiger partial charge in [0.1, 0.15) is 0 Å². The standard InChI is InChI=1S/C21H28F3N5O/c1-11(2)29-16(18-13-9-28(10-14(13)18)20(3,4)5)7-15(27-29)12-6-17(19(25)26-8-12)30-21(22,23)24/h6-8,11,13-14,18H,9-10H2,1-5H3,(H2,25,26)/t13-,14+,18+. The van der Waals surface area contributed by atoms with Gasteiger partial charge in [-0.15, -0.1) is 13.2 Å². The molecule has 1 saturated heterocycles. The van der Waals surface area contributed by atoms with Crippen molar-refractivity contribution >= 4 is 5.82 Å². The Morgan fingerprint density at radius 2 is 1.77 bits per heavy atom. The lowest BCUT2D eigenvalue weighted by molar-refractivity contribution is -0.274. The van der Waals surface area contributed by atoms with E-state index in [0.717, 1.165) is 18.8 Å². The van der Waals surface area contributed by atoms with Gasteiger partial charge in [-0.3, -0.25) is 9.58 Å². The number of nitrogens with two attached hydrogens (primary N) is 1. The summed E-state index contributed by atoms with van der Waals surface area (Å²) in [6, 6.07) is 3.37. The van der Waals surface area contributed by atoms with Gasteiger partial charge in [0.25, 0.3) is 0 Å². The van der Waals surface area contributed by atoms with Crippen molar-refractivity contribution in [3.8, 4) is 17.0 Å². The molecule has 9 heteroatoms. The predicted octanol–water partition coefficient (Wildman–Crippen LogP) is 4.45. The van der Waals surface area contributed by atoms with E-state index in [9.17, 15) is 13.2 Å². The molecule has 1 saturated carbocycles. The molecule has 0 bridgehead atoms. The zero-order chi connectivity index (χ0) is 22.0. The number of pyridine rings is 1. The Balaban J connectivity index is 1.62. The second-order valence-electron chi connectivity index (χ2n) is 9.58. The van der Waals surface area contributed by atoms with Crippen LogP contribution in [0.1, 0.15) is 52.3 Å². The van der Waals surface area contributed by atoms with Crippen molar-refractivity contribution in [3.05, 3.63) is 24.0 Å². The Hall–Kier alpha value is -2.29. The Labute approximate surface area is 174 Å². The van der Waals surface area contributed by atoms with Crippen molar-refractivity contribution in [1.29, 1.82) is 0 Å². The van der Waals surface area contributed by atoms with Gasteiger partial charge in [-0.1, -0.05) is 0 Å². The molecule has 2 aromatic heterocycles. The number of rotatable bonds is 4. The van der Waals surface area contributed by atoms with Crippen LogP contribution < -0.4 is 10.5 Å². The van der Waals surface area contributed by atoms with Gasteiger partial charge in [0.05, 0.1) is 5.69 Å². The van der Waals surface area contributed by atoms with Gasteiger partial charge in [0, 0.05) is 48.0 Å². The summed E-state index contributed by atoms with van der Waals surface area (Å²) in [5, 5.41) is 4.69. The van der Waals surface area contributed by atoms with Crippen LogP contribution in [0.25, 0.3) is 11.3 Å². The van der Waals surface area contributed by atoms with E-state index in [2.05, 4.69) is 54.3 Å². The molecular weight excluding hydrogens is 395 g/mol. The number of piperidine rings is 1. The van der Waals surface area contributed by atoms with Crippen molar-refractivity contribution in [2.75, 3.05) is 18.8 Å². The van der Waals surface area contributed by atoms with E-state index in [1.165, 1.54) is 12.3 Å². The molecule has 4 rings (SSSR count). The number of hydrogen-bond donors (Lipinski definition) is 1. The molecule has 1 aliphatic carbocycles. The maximum absolute atomic E-state index is 12.7. The second-order valence-corrected chi connectivity index (χ2v) is 9.58. The fourth-order valence-electron chi connectivity index (χ4n) is 4.53. The van der Waals surface area contributed by atoms with Crippen LogP contribution in [-0.2, 0) is 0 Å². The monoisotopic (exact) mass is 423 g/mol. The number of halogens is 3. The summed E-state index contributed by atoms with van der Waals surface area (Å²) < 4.78 is 44.0. The summed E-state index contributed by atoms with van der Waals surface area (Å²) in [7, 11) is 0. The molecule has 6 nitrogen and oxygen atoms in total. The number of nitrogen functional groups attached to an aromatic ring is 1. The normalized spacial score (nSPS) is 24.4. The highest BCUT2D eigenvalue weighted by atomic mass is 19.4. The first kappa shape index (κ1) is 21.0. The molecule has 30 heavy (non-hydrogen) atoms. The number of anilines is 1. The van der Waals surface area contributed by atoms with E-state index < -0.39 is 12.1 Å². The third-order valence-corrected chi connectivity index (χ3v) is 6.14. The van der Waals surface area contributed by atoms with Gasteiger partial charge >= 0.3 is 6.36 Å². The number of likely N-dealkylation sites (tertiary alicyclic amines) is 1. The first-order valence-electron chi connectivity index (χ1n) is 10.2. The molecule has 0 unspecified atom stereocenters. The lowest BCUT2D eigenvalue weighted by atomic mass is 10.0. The second kappa shape index (κ2) is 6.87. The van der Waals surface area contributed by atoms with Gasteiger partial charge in [0.2, 0.25) is 0 Å². The first-order chi connectivity index (χ1) is 13.8. The Morgan fingerprint density at radius 3 is 2.30 bits per heavy atom. The van der Waals surface area contributed by atoms with E-state index in [0.29, 0.717) is 29.0 Å². The lowest BCUT2D eigenvalue weighted by Crippen LogP contribution is -2.41. The Morgan fingerprint density at radius 1 is 1.13 bits per heavy atom. The van der Waals surface area contributed by atoms with Gasteiger partial charge in [-0.2, -0.15) is 5.10 Å². The average Bonchev–Trinajstić information content (AvgIpc) is 2.99. The van der Waals surface area contributed by atoms with Crippen LogP contribution in [0, 0.1) is 11.8 Å². The lowest BCUT2D eigenvalue weighted by Gasteiger charge is -2.33. The van der Waals surface area contributed by atoms with E-state index in [1.54, 1.807) is 0 Å². The van der Waals surface area contributed by atoms with Crippen molar-refractivity contribution in [3.63, 3.8) is 0 Å². The molecule has 3 heterocycles. The van der Waals surface area contributed by atoms with E-state index in [-0.39, 0.29) is 17.4 Å². The zero-order valence-corrected chi connectivity index (χ0v) is 17.9. The average molecular weight is 423 g/mol. The Bertz CT molecular complexity index is 935. The topological polar surface area (TPSA) is 69.2 Å². The molecule has 2 aromatic rings. The first-order valence-corrected chi connectivity index (χ1v) is 10.2. The van der Waals surface area contributed by atoms with Gasteiger partial charge in [-0.05, 0) is 58.6 Å². The molecule has 3 atom stereocenters. The van der Waals surface area contributed by atoms with E-state index in [1.807, 2.05) is 10.7 Å². The largest absolute Gasteiger partial charge is 0.573 e. The smallest absolute Gasteiger partial charge is 0.402 e. The van der Waals surface area contributed by atoms with Crippen molar-refractivity contribution in [2.45, 2.75) is 58.5 Å². The van der Waals surface area contributed by atoms with Crippen molar-refractivity contribution < 1.29 is 17.9 Å². The molecule has 2 fully saturated rings. The summed E-state index contributed by atoms with van der Waals surface area (Å²) in [6.07, 6.45) is -3.40. The summed E-state index contributed by atoms with van der Waals surface area (Å²) in [6.45, 7) is 12.9. The van der Waals surface area contributed by atoms with Crippen LogP contribution in [-0.4, -0.2) is 44.7 Å². The fraction of sp³-hybridized carbons (Fsp3) is 0.619. The minimum Gasteiger partial charge on any atom is -0.402 e. The molecular formula is C21H28F3N5O. The minimum absolute atomic E-state index is 0.140. The van der Waals surface area contributed by atoms with Gasteiger partial charge in [-0.25, -0.2) is 4.98 Å². The molecule has 1 aliphatic heterocycles. The molecule has 0 radical (unpaired) electrons. The fourth-order valence-corrected chi connectivity index (χ4v) is 4.53. The molecule has 2 aliphatic rings. The third kappa shape index (κ3) is 3.87. The number of alkyl halides is 3. The summed E-state index contributed by atoms with van der Waals surface area (Å²) >= 11 is 0. The van der Waals surface area contributed by atoms with Crippen LogP contribution in [0.4, 0.5) is 19.0 Å². The SMILES string of the molecule is CC(C)n1nc(-c2cnc(N)c(OC(F)(F)F)c2)cc1[C@H]1[C@@H]2CN(C(C)(C)C)C[C@@H]21. The van der Waals surface area contributed by atoms with E-state index >= 15 is 0 Å².